The minimum absolute atomic E-state index is 0.343. The maximum absolute atomic E-state index is 4.57. The van der Waals surface area contributed by atoms with Gasteiger partial charge < -0.3 is 4.90 Å². The molecule has 3 heteroatoms. The highest BCUT2D eigenvalue weighted by atomic mass is 15.6. The predicted molar refractivity (Wildman–Crippen MR) is 74.9 cm³/mol. The van der Waals surface area contributed by atoms with Gasteiger partial charge in [0.25, 0.3) is 0 Å². The molecule has 100 valence electrons. The summed E-state index contributed by atoms with van der Waals surface area (Å²) in [4.78, 5) is 2.41. The number of rotatable bonds is 5. The topological polar surface area (TPSA) is 18.8 Å². The number of hydrogen-bond donors (Lipinski definition) is 0. The van der Waals surface area contributed by atoms with Gasteiger partial charge in [0, 0.05) is 12.6 Å². The molecule has 0 bridgehead atoms. The van der Waals surface area contributed by atoms with Crippen molar-refractivity contribution in [1.29, 1.82) is 0 Å². The Hall–Kier alpha value is -0.730. The van der Waals surface area contributed by atoms with Gasteiger partial charge in [-0.25, -0.2) is 0 Å². The van der Waals surface area contributed by atoms with Crippen LogP contribution in [-0.4, -0.2) is 35.0 Å². The monoisotopic (exact) mass is 239 g/mol. The van der Waals surface area contributed by atoms with E-state index in [1.54, 1.807) is 0 Å². The molecule has 1 rings (SSSR count). The van der Waals surface area contributed by atoms with Crippen LogP contribution in [0.5, 0.6) is 0 Å². The Labute approximate surface area is 107 Å². The second-order valence-corrected chi connectivity index (χ2v) is 6.54. The largest absolute Gasteiger partial charge is 0.339 e. The molecular formula is C14H29N3. The zero-order chi connectivity index (χ0) is 13.1. The zero-order valence-electron chi connectivity index (χ0n) is 12.4. The van der Waals surface area contributed by atoms with E-state index in [9.17, 15) is 0 Å². The van der Waals surface area contributed by atoms with Crippen LogP contribution < -0.4 is 0 Å². The van der Waals surface area contributed by atoms with E-state index in [-0.39, 0.29) is 0 Å². The summed E-state index contributed by atoms with van der Waals surface area (Å²) in [6.45, 7) is 14.7. The average Bonchev–Trinajstić information content (AvgIpc) is 2.55. The third kappa shape index (κ3) is 4.21. The summed E-state index contributed by atoms with van der Waals surface area (Å²) in [6.07, 6.45) is 6.13. The lowest BCUT2D eigenvalue weighted by Gasteiger charge is -2.36. The maximum Gasteiger partial charge on any atom is 0.119 e. The van der Waals surface area contributed by atoms with Crippen LogP contribution in [0.1, 0.15) is 60.8 Å². The Morgan fingerprint density at radius 3 is 2.41 bits per heavy atom. The normalized spacial score (nSPS) is 20.8. The van der Waals surface area contributed by atoms with E-state index >= 15 is 0 Å². The zero-order valence-corrected chi connectivity index (χ0v) is 12.4. The lowest BCUT2D eigenvalue weighted by atomic mass is 9.90. The summed E-state index contributed by atoms with van der Waals surface area (Å²) >= 11 is 0. The van der Waals surface area contributed by atoms with E-state index in [2.05, 4.69) is 56.6 Å². The van der Waals surface area contributed by atoms with Crippen LogP contribution in [0.2, 0.25) is 0 Å². The van der Waals surface area contributed by atoms with Crippen LogP contribution in [0, 0.1) is 5.41 Å². The Kier molecular flexibility index (Phi) is 4.84. The fraction of sp³-hybridized carbons (Fsp3) is 0.929. The van der Waals surface area contributed by atoms with Crippen molar-refractivity contribution >= 4 is 6.34 Å². The van der Waals surface area contributed by atoms with E-state index in [1.165, 1.54) is 12.8 Å². The molecule has 17 heavy (non-hydrogen) atoms. The quantitative estimate of drug-likeness (QED) is 0.731. The molecule has 1 heterocycles. The number of unbranched alkanes of at least 4 members (excludes halogenated alkanes) is 1. The van der Waals surface area contributed by atoms with Crippen molar-refractivity contribution in [3.8, 4) is 0 Å². The van der Waals surface area contributed by atoms with Gasteiger partial charge in [0.15, 0.2) is 0 Å². The standard InChI is InChI=1S/C14H29N3/c1-7-8-9-16-11-15-17(12(2)3)13(16)10-14(4,5)6/h11-13H,7-10H2,1-6H3. The highest BCUT2D eigenvalue weighted by molar-refractivity contribution is 5.57. The predicted octanol–water partition coefficient (Wildman–Crippen LogP) is 3.52. The van der Waals surface area contributed by atoms with Gasteiger partial charge in [0.2, 0.25) is 0 Å². The van der Waals surface area contributed by atoms with Gasteiger partial charge >= 0.3 is 0 Å². The average molecular weight is 239 g/mol. The fourth-order valence-corrected chi connectivity index (χ4v) is 2.22. The SMILES string of the molecule is CCCCN1C=NN(C(C)C)C1CC(C)(C)C. The first-order valence-electron chi connectivity index (χ1n) is 6.93. The van der Waals surface area contributed by atoms with Gasteiger partial charge in [-0.05, 0) is 32.1 Å². The third-order valence-electron chi connectivity index (χ3n) is 3.12. The number of nitrogens with zero attached hydrogens (tertiary/aromatic N) is 3. The summed E-state index contributed by atoms with van der Waals surface area (Å²) in [6, 6.07) is 0.477. The molecule has 0 spiro atoms. The summed E-state index contributed by atoms with van der Waals surface area (Å²) < 4.78 is 0. The molecule has 0 saturated carbocycles. The van der Waals surface area contributed by atoms with Gasteiger partial charge in [-0.2, -0.15) is 5.10 Å². The highest BCUT2D eigenvalue weighted by Gasteiger charge is 2.32. The molecule has 0 amide bonds. The smallest absolute Gasteiger partial charge is 0.119 e. The first-order valence-corrected chi connectivity index (χ1v) is 6.93. The summed E-state index contributed by atoms with van der Waals surface area (Å²) in [7, 11) is 0. The molecule has 0 aromatic heterocycles. The van der Waals surface area contributed by atoms with E-state index in [0.29, 0.717) is 17.6 Å². The van der Waals surface area contributed by atoms with Crippen molar-refractivity contribution in [3.63, 3.8) is 0 Å². The molecule has 1 aliphatic heterocycles. The molecule has 3 nitrogen and oxygen atoms in total. The molecule has 1 aliphatic rings. The van der Waals surface area contributed by atoms with Crippen LogP contribution in [0.4, 0.5) is 0 Å². The van der Waals surface area contributed by atoms with Crippen molar-refractivity contribution in [2.24, 2.45) is 10.5 Å². The van der Waals surface area contributed by atoms with E-state index in [0.717, 1.165) is 13.0 Å². The molecule has 0 saturated heterocycles. The minimum atomic E-state index is 0.343. The minimum Gasteiger partial charge on any atom is -0.339 e. The molecule has 0 fully saturated rings. The summed E-state index contributed by atoms with van der Waals surface area (Å²) in [5.41, 5.74) is 0.343. The first-order chi connectivity index (χ1) is 7.85. The van der Waals surface area contributed by atoms with Crippen LogP contribution in [0.15, 0.2) is 5.10 Å². The lowest BCUT2D eigenvalue weighted by molar-refractivity contribution is 0.0639. The number of hydrogen-bond acceptors (Lipinski definition) is 3. The van der Waals surface area contributed by atoms with Gasteiger partial charge in [-0.1, -0.05) is 34.1 Å². The van der Waals surface area contributed by atoms with Crippen molar-refractivity contribution < 1.29 is 0 Å². The van der Waals surface area contributed by atoms with Crippen molar-refractivity contribution in [2.75, 3.05) is 6.54 Å². The van der Waals surface area contributed by atoms with E-state index < -0.39 is 0 Å². The van der Waals surface area contributed by atoms with E-state index in [1.807, 2.05) is 6.34 Å². The van der Waals surface area contributed by atoms with Gasteiger partial charge in [0.1, 0.15) is 12.5 Å². The Balaban J connectivity index is 2.68. The molecule has 0 aromatic carbocycles. The van der Waals surface area contributed by atoms with Crippen LogP contribution >= 0.6 is 0 Å². The van der Waals surface area contributed by atoms with Crippen LogP contribution in [-0.2, 0) is 0 Å². The van der Waals surface area contributed by atoms with Crippen LogP contribution in [0.25, 0.3) is 0 Å². The van der Waals surface area contributed by atoms with E-state index in [4.69, 9.17) is 0 Å². The molecule has 1 unspecified atom stereocenters. The Morgan fingerprint density at radius 1 is 1.29 bits per heavy atom. The molecule has 0 aromatic rings. The van der Waals surface area contributed by atoms with Crippen molar-refractivity contribution in [2.45, 2.75) is 73.0 Å². The summed E-state index contributed by atoms with van der Waals surface area (Å²) in [5.74, 6) is 0. The number of hydrazone groups is 1. The Bertz CT molecular complexity index is 253. The van der Waals surface area contributed by atoms with Crippen molar-refractivity contribution in [3.05, 3.63) is 0 Å². The van der Waals surface area contributed by atoms with Gasteiger partial charge in [-0.3, -0.25) is 5.01 Å². The van der Waals surface area contributed by atoms with Crippen molar-refractivity contribution in [1.82, 2.24) is 9.91 Å². The fourth-order valence-electron chi connectivity index (χ4n) is 2.22. The Morgan fingerprint density at radius 2 is 1.94 bits per heavy atom. The van der Waals surface area contributed by atoms with Crippen LogP contribution in [0.3, 0.4) is 0 Å². The second kappa shape index (κ2) is 5.74. The second-order valence-electron chi connectivity index (χ2n) is 6.54. The third-order valence-corrected chi connectivity index (χ3v) is 3.12. The molecule has 0 aliphatic carbocycles. The molecule has 0 radical (unpaired) electrons. The summed E-state index contributed by atoms with van der Waals surface area (Å²) in [5, 5.41) is 6.82. The first kappa shape index (κ1) is 14.3. The van der Waals surface area contributed by atoms with Gasteiger partial charge in [-0.15, -0.1) is 0 Å². The molecule has 0 N–H and O–H groups in total. The highest BCUT2D eigenvalue weighted by Crippen LogP contribution is 2.29. The van der Waals surface area contributed by atoms with Gasteiger partial charge in [0.05, 0.1) is 0 Å². The molecular weight excluding hydrogens is 210 g/mol. The maximum atomic E-state index is 4.57. The lowest BCUT2D eigenvalue weighted by Crippen LogP contribution is -2.45. The molecule has 1 atom stereocenters.